The van der Waals surface area contributed by atoms with Gasteiger partial charge in [0.05, 0.1) is 38.4 Å². The van der Waals surface area contributed by atoms with E-state index in [2.05, 4.69) is 35.6 Å². The Morgan fingerprint density at radius 2 is 2.00 bits per heavy atom. The summed E-state index contributed by atoms with van der Waals surface area (Å²) >= 11 is 0. The summed E-state index contributed by atoms with van der Waals surface area (Å²) in [5.41, 5.74) is 1.43. The van der Waals surface area contributed by atoms with Gasteiger partial charge in [-0.25, -0.2) is 0 Å². The largest absolute Gasteiger partial charge is 0.385 e. The number of ether oxygens (including phenoxy) is 2. The zero-order valence-electron chi connectivity index (χ0n) is 15.2. The predicted octanol–water partition coefficient (Wildman–Crippen LogP) is -0.646. The molecular formula is C20H34N2O3+2. The first-order valence-electron chi connectivity index (χ1n) is 9.88. The third kappa shape index (κ3) is 6.68. The first-order chi connectivity index (χ1) is 12.3. The van der Waals surface area contributed by atoms with Gasteiger partial charge in [-0.1, -0.05) is 30.3 Å². The monoisotopic (exact) mass is 350 g/mol. The molecule has 2 saturated heterocycles. The minimum atomic E-state index is -0.379. The number of aliphatic hydroxyl groups excluding tert-OH is 1. The van der Waals surface area contributed by atoms with E-state index in [0.717, 1.165) is 32.5 Å². The molecule has 0 saturated carbocycles. The van der Waals surface area contributed by atoms with Crippen LogP contribution in [0.25, 0.3) is 0 Å². The van der Waals surface area contributed by atoms with Crippen molar-refractivity contribution in [3.8, 4) is 0 Å². The molecule has 140 valence electrons. The highest BCUT2D eigenvalue weighted by atomic mass is 16.5. The van der Waals surface area contributed by atoms with E-state index >= 15 is 0 Å². The van der Waals surface area contributed by atoms with Crippen LogP contribution in [-0.4, -0.2) is 62.8 Å². The molecule has 3 rings (SSSR count). The SMILES string of the molecule is O[C@H](C[NH2+]C1CC[NH+](Cc2ccccc2)CC1)COC[C@@H]1CCCO1. The number of nitrogens with one attached hydrogen (secondary N) is 1. The lowest BCUT2D eigenvalue weighted by atomic mass is 10.0. The summed E-state index contributed by atoms with van der Waals surface area (Å²) in [5, 5.41) is 12.4. The van der Waals surface area contributed by atoms with Crippen LogP contribution in [0.2, 0.25) is 0 Å². The quantitative estimate of drug-likeness (QED) is 0.555. The first kappa shape index (κ1) is 18.8. The van der Waals surface area contributed by atoms with Crippen LogP contribution >= 0.6 is 0 Å². The maximum atomic E-state index is 10.1. The Kier molecular flexibility index (Phi) is 7.70. The van der Waals surface area contributed by atoms with E-state index in [1.165, 1.54) is 31.5 Å². The maximum absolute atomic E-state index is 10.1. The van der Waals surface area contributed by atoms with Gasteiger partial charge >= 0.3 is 0 Å². The van der Waals surface area contributed by atoms with Crippen molar-refractivity contribution in [3.05, 3.63) is 35.9 Å². The van der Waals surface area contributed by atoms with Gasteiger partial charge in [-0.15, -0.1) is 0 Å². The molecule has 0 unspecified atom stereocenters. The molecule has 0 aromatic heterocycles. The van der Waals surface area contributed by atoms with Crippen LogP contribution in [0.4, 0.5) is 0 Å². The number of hydrogen-bond donors (Lipinski definition) is 3. The van der Waals surface area contributed by atoms with E-state index in [-0.39, 0.29) is 12.2 Å². The third-order valence-electron chi connectivity index (χ3n) is 5.41. The minimum absolute atomic E-state index is 0.244. The lowest BCUT2D eigenvalue weighted by Crippen LogP contribution is -3.13. The van der Waals surface area contributed by atoms with Crippen molar-refractivity contribution in [1.82, 2.24) is 0 Å². The average molecular weight is 351 g/mol. The Hall–Kier alpha value is -0.980. The van der Waals surface area contributed by atoms with Crippen LogP contribution in [0.3, 0.4) is 0 Å². The zero-order chi connectivity index (χ0) is 17.3. The van der Waals surface area contributed by atoms with Gasteiger partial charge in [-0.2, -0.15) is 0 Å². The van der Waals surface area contributed by atoms with Gasteiger partial charge in [0, 0.05) is 25.0 Å². The summed E-state index contributed by atoms with van der Waals surface area (Å²) in [6.45, 7) is 6.23. The number of likely N-dealkylation sites (tertiary alicyclic amines) is 1. The molecule has 5 nitrogen and oxygen atoms in total. The van der Waals surface area contributed by atoms with E-state index in [4.69, 9.17) is 9.47 Å². The average Bonchev–Trinajstić information content (AvgIpc) is 3.15. The molecule has 0 aliphatic carbocycles. The molecule has 25 heavy (non-hydrogen) atoms. The molecular weight excluding hydrogens is 316 g/mol. The van der Waals surface area contributed by atoms with Crippen LogP contribution in [0, 0.1) is 0 Å². The standard InChI is InChI=1S/C20H32N2O3/c23-19(15-24-16-20-7-4-12-25-20)13-21-18-8-10-22(11-9-18)14-17-5-2-1-3-6-17/h1-3,5-6,18-21,23H,4,7-16H2/p+2/t19-,20+/m1/s1. The molecule has 1 aromatic carbocycles. The highest BCUT2D eigenvalue weighted by Crippen LogP contribution is 2.11. The third-order valence-corrected chi connectivity index (χ3v) is 5.41. The van der Waals surface area contributed by atoms with E-state index in [9.17, 15) is 5.11 Å². The van der Waals surface area contributed by atoms with Gasteiger partial charge in [0.15, 0.2) is 0 Å². The first-order valence-corrected chi connectivity index (χ1v) is 9.88. The molecule has 1 aromatic rings. The van der Waals surface area contributed by atoms with Crippen molar-refractivity contribution in [2.75, 3.05) is 39.5 Å². The molecule has 0 spiro atoms. The molecule has 2 aliphatic rings. The minimum Gasteiger partial charge on any atom is -0.385 e. The fourth-order valence-electron chi connectivity index (χ4n) is 3.87. The van der Waals surface area contributed by atoms with Crippen molar-refractivity contribution < 1.29 is 24.8 Å². The van der Waals surface area contributed by atoms with Crippen LogP contribution in [0.15, 0.2) is 30.3 Å². The van der Waals surface area contributed by atoms with Gasteiger partial charge in [0.25, 0.3) is 0 Å². The second kappa shape index (κ2) is 10.2. The van der Waals surface area contributed by atoms with Crippen LogP contribution in [0.5, 0.6) is 0 Å². The number of hydrogen-bond acceptors (Lipinski definition) is 3. The zero-order valence-corrected chi connectivity index (χ0v) is 15.2. The van der Waals surface area contributed by atoms with Crippen LogP contribution < -0.4 is 10.2 Å². The van der Waals surface area contributed by atoms with E-state index in [0.29, 0.717) is 19.3 Å². The van der Waals surface area contributed by atoms with Crippen molar-refractivity contribution in [1.29, 1.82) is 0 Å². The van der Waals surface area contributed by atoms with Crippen LogP contribution in [-0.2, 0) is 16.0 Å². The number of rotatable bonds is 9. The maximum Gasteiger partial charge on any atom is 0.126 e. The topological polar surface area (TPSA) is 59.7 Å². The van der Waals surface area contributed by atoms with Crippen LogP contribution in [0.1, 0.15) is 31.2 Å². The molecule has 0 amide bonds. The number of nitrogens with two attached hydrogens (primary N) is 1. The molecule has 2 heterocycles. The molecule has 2 atom stereocenters. The molecule has 5 heteroatoms. The van der Waals surface area contributed by atoms with E-state index < -0.39 is 0 Å². The van der Waals surface area contributed by atoms with Crippen molar-refractivity contribution in [2.45, 2.75) is 50.5 Å². The summed E-state index contributed by atoms with van der Waals surface area (Å²) in [7, 11) is 0. The fourth-order valence-corrected chi connectivity index (χ4v) is 3.87. The van der Waals surface area contributed by atoms with Gasteiger partial charge in [-0.3, -0.25) is 0 Å². The number of piperidine rings is 1. The summed E-state index contributed by atoms with van der Waals surface area (Å²) in [5.74, 6) is 0. The summed E-state index contributed by atoms with van der Waals surface area (Å²) < 4.78 is 11.1. The van der Waals surface area contributed by atoms with Crippen molar-refractivity contribution in [2.24, 2.45) is 0 Å². The molecule has 2 aliphatic heterocycles. The Labute approximate surface area is 151 Å². The molecule has 4 N–H and O–H groups in total. The Balaban J connectivity index is 1.24. The second-order valence-electron chi connectivity index (χ2n) is 7.55. The van der Waals surface area contributed by atoms with Gasteiger partial charge in [0.1, 0.15) is 19.2 Å². The molecule has 2 fully saturated rings. The van der Waals surface area contributed by atoms with E-state index in [1.807, 2.05) is 0 Å². The molecule has 0 bridgehead atoms. The highest BCUT2D eigenvalue weighted by Gasteiger charge is 2.25. The fraction of sp³-hybridized carbons (Fsp3) is 0.700. The second-order valence-corrected chi connectivity index (χ2v) is 7.55. The molecule has 0 radical (unpaired) electrons. The lowest BCUT2D eigenvalue weighted by Gasteiger charge is -2.28. The Morgan fingerprint density at radius 3 is 2.72 bits per heavy atom. The van der Waals surface area contributed by atoms with E-state index in [1.54, 1.807) is 4.90 Å². The van der Waals surface area contributed by atoms with Crippen molar-refractivity contribution >= 4 is 0 Å². The van der Waals surface area contributed by atoms with Gasteiger partial charge < -0.3 is 24.8 Å². The normalized spacial score (nSPS) is 28.1. The number of benzene rings is 1. The smallest absolute Gasteiger partial charge is 0.126 e. The lowest BCUT2D eigenvalue weighted by molar-refractivity contribution is -0.926. The summed E-state index contributed by atoms with van der Waals surface area (Å²) in [6, 6.07) is 11.4. The number of quaternary nitrogens is 2. The summed E-state index contributed by atoms with van der Waals surface area (Å²) in [6.07, 6.45) is 4.54. The number of aliphatic hydroxyl groups is 1. The van der Waals surface area contributed by atoms with Crippen molar-refractivity contribution in [3.63, 3.8) is 0 Å². The highest BCUT2D eigenvalue weighted by molar-refractivity contribution is 5.13. The Morgan fingerprint density at radius 1 is 1.20 bits per heavy atom. The summed E-state index contributed by atoms with van der Waals surface area (Å²) in [4.78, 5) is 1.68. The predicted molar refractivity (Wildman–Crippen MR) is 96.5 cm³/mol. The van der Waals surface area contributed by atoms with Gasteiger partial charge in [-0.05, 0) is 12.8 Å². The van der Waals surface area contributed by atoms with Gasteiger partial charge in [0.2, 0.25) is 0 Å². The Bertz CT molecular complexity index is 471.